The Labute approximate surface area is 116 Å². The fourth-order valence-electron chi connectivity index (χ4n) is 1.23. The van der Waals surface area contributed by atoms with Crippen LogP contribution < -0.4 is 14.8 Å². The highest BCUT2D eigenvalue weighted by Crippen LogP contribution is 2.27. The third kappa shape index (κ3) is 3.94. The molecule has 0 fully saturated rings. The van der Waals surface area contributed by atoms with E-state index in [9.17, 15) is 8.42 Å². The largest absolute Gasteiger partial charge is 0.496 e. The van der Waals surface area contributed by atoms with E-state index in [2.05, 4.69) is 26.0 Å². The van der Waals surface area contributed by atoms with E-state index in [1.807, 2.05) is 6.92 Å². The number of halogens is 1. The van der Waals surface area contributed by atoms with Crippen molar-refractivity contribution >= 4 is 26.0 Å². The third-order valence-corrected chi connectivity index (χ3v) is 4.55. The van der Waals surface area contributed by atoms with Crippen molar-refractivity contribution in [1.82, 2.24) is 10.0 Å². The average molecular weight is 337 g/mol. The van der Waals surface area contributed by atoms with Crippen LogP contribution in [0.25, 0.3) is 0 Å². The molecule has 2 N–H and O–H groups in total. The molecule has 1 unspecified atom stereocenters. The van der Waals surface area contributed by atoms with E-state index in [1.165, 1.54) is 19.2 Å². The summed E-state index contributed by atoms with van der Waals surface area (Å²) in [6.45, 7) is 2.23. The number of sulfonamides is 1. The van der Waals surface area contributed by atoms with Crippen LogP contribution >= 0.6 is 15.9 Å². The number of ether oxygens (including phenoxy) is 1. The van der Waals surface area contributed by atoms with Gasteiger partial charge >= 0.3 is 0 Å². The van der Waals surface area contributed by atoms with Gasteiger partial charge < -0.3 is 10.1 Å². The van der Waals surface area contributed by atoms with Crippen LogP contribution in [0.1, 0.15) is 6.92 Å². The lowest BCUT2D eigenvalue weighted by atomic mass is 10.3. The third-order valence-electron chi connectivity index (χ3n) is 2.51. The zero-order valence-corrected chi connectivity index (χ0v) is 12.9. The lowest BCUT2D eigenvalue weighted by Gasteiger charge is -2.12. The monoisotopic (exact) mass is 336 g/mol. The van der Waals surface area contributed by atoms with E-state index in [-0.39, 0.29) is 10.9 Å². The van der Waals surface area contributed by atoms with Crippen LogP contribution in [-0.2, 0) is 10.0 Å². The van der Waals surface area contributed by atoms with Crippen LogP contribution in [0.4, 0.5) is 0 Å². The molecule has 0 aliphatic rings. The average Bonchev–Trinajstić information content (AvgIpc) is 2.35. The molecule has 0 heterocycles. The topological polar surface area (TPSA) is 67.4 Å². The van der Waals surface area contributed by atoms with Crippen molar-refractivity contribution in [3.05, 3.63) is 22.7 Å². The van der Waals surface area contributed by atoms with Gasteiger partial charge in [0.25, 0.3) is 0 Å². The molecule has 0 aliphatic heterocycles. The highest BCUT2D eigenvalue weighted by molar-refractivity contribution is 9.10. The van der Waals surface area contributed by atoms with E-state index in [0.717, 1.165) is 0 Å². The zero-order valence-electron chi connectivity index (χ0n) is 10.5. The summed E-state index contributed by atoms with van der Waals surface area (Å²) in [5.74, 6) is 0.595. The van der Waals surface area contributed by atoms with Gasteiger partial charge in [0, 0.05) is 12.6 Å². The van der Waals surface area contributed by atoms with Crippen molar-refractivity contribution in [3.63, 3.8) is 0 Å². The predicted octanol–water partition coefficient (Wildman–Crippen LogP) is 1.34. The van der Waals surface area contributed by atoms with Gasteiger partial charge in [-0.15, -0.1) is 0 Å². The van der Waals surface area contributed by atoms with Gasteiger partial charge in [0.05, 0.1) is 16.5 Å². The second-order valence-corrected chi connectivity index (χ2v) is 6.46. The van der Waals surface area contributed by atoms with Crippen LogP contribution in [-0.4, -0.2) is 35.2 Å². The summed E-state index contributed by atoms with van der Waals surface area (Å²) >= 11 is 3.26. The molecule has 7 heteroatoms. The number of hydrogen-bond donors (Lipinski definition) is 2. The molecule has 1 rings (SSSR count). The summed E-state index contributed by atoms with van der Waals surface area (Å²) in [6, 6.07) is 4.71. The molecule has 0 spiro atoms. The quantitative estimate of drug-likeness (QED) is 0.822. The fourth-order valence-corrected chi connectivity index (χ4v) is 3.08. The number of likely N-dealkylation sites (N-methyl/N-ethyl adjacent to an activating group) is 1. The Hall–Kier alpha value is -0.630. The normalized spacial score (nSPS) is 13.3. The maximum Gasteiger partial charge on any atom is 0.240 e. The van der Waals surface area contributed by atoms with E-state index in [4.69, 9.17) is 4.74 Å². The first-order valence-corrected chi connectivity index (χ1v) is 7.68. The van der Waals surface area contributed by atoms with E-state index in [1.54, 1.807) is 13.1 Å². The Bertz CT molecular complexity index is 505. The molecule has 18 heavy (non-hydrogen) atoms. The summed E-state index contributed by atoms with van der Waals surface area (Å²) in [5.41, 5.74) is 0. The number of methoxy groups -OCH3 is 1. The molecule has 0 amide bonds. The van der Waals surface area contributed by atoms with Gasteiger partial charge in [0.1, 0.15) is 5.75 Å². The summed E-state index contributed by atoms with van der Waals surface area (Å²) < 4.78 is 32.2. The molecule has 0 aliphatic carbocycles. The Morgan fingerprint density at radius 2 is 2.11 bits per heavy atom. The zero-order chi connectivity index (χ0) is 13.8. The Morgan fingerprint density at radius 1 is 1.44 bits per heavy atom. The second kappa shape index (κ2) is 6.51. The van der Waals surface area contributed by atoms with Crippen LogP contribution in [0, 0.1) is 0 Å². The first-order valence-electron chi connectivity index (χ1n) is 5.41. The van der Waals surface area contributed by atoms with Gasteiger partial charge in [-0.3, -0.25) is 0 Å². The van der Waals surface area contributed by atoms with Crippen molar-refractivity contribution in [3.8, 4) is 5.75 Å². The molecule has 1 aromatic rings. The summed E-state index contributed by atoms with van der Waals surface area (Å²) in [6.07, 6.45) is 0. The molecule has 0 radical (unpaired) electrons. The minimum atomic E-state index is -3.49. The number of rotatable bonds is 6. The number of nitrogens with one attached hydrogen (secondary N) is 2. The van der Waals surface area contributed by atoms with Crippen LogP contribution in [0.2, 0.25) is 0 Å². The first-order chi connectivity index (χ1) is 8.40. The molecule has 0 bridgehead atoms. The highest BCUT2D eigenvalue weighted by Gasteiger charge is 2.16. The summed E-state index contributed by atoms with van der Waals surface area (Å²) in [4.78, 5) is 0.207. The van der Waals surface area contributed by atoms with Crippen molar-refractivity contribution in [1.29, 1.82) is 0 Å². The lowest BCUT2D eigenvalue weighted by molar-refractivity contribution is 0.411. The molecular weight excluding hydrogens is 320 g/mol. The number of hydrogen-bond acceptors (Lipinski definition) is 4. The van der Waals surface area contributed by atoms with Gasteiger partial charge in [-0.25, -0.2) is 13.1 Å². The van der Waals surface area contributed by atoms with Crippen LogP contribution in [0.15, 0.2) is 27.6 Å². The van der Waals surface area contributed by atoms with Gasteiger partial charge in [0.2, 0.25) is 10.0 Å². The highest BCUT2D eigenvalue weighted by atomic mass is 79.9. The smallest absolute Gasteiger partial charge is 0.240 e. The number of benzene rings is 1. The van der Waals surface area contributed by atoms with Gasteiger partial charge in [0.15, 0.2) is 0 Å². The van der Waals surface area contributed by atoms with Crippen LogP contribution in [0.5, 0.6) is 5.75 Å². The van der Waals surface area contributed by atoms with Crippen molar-refractivity contribution < 1.29 is 13.2 Å². The molecule has 0 saturated heterocycles. The fraction of sp³-hybridized carbons (Fsp3) is 0.455. The van der Waals surface area contributed by atoms with Crippen molar-refractivity contribution in [2.75, 3.05) is 20.7 Å². The van der Waals surface area contributed by atoms with Gasteiger partial charge in [-0.2, -0.15) is 0 Å². The van der Waals surface area contributed by atoms with Crippen molar-refractivity contribution in [2.24, 2.45) is 0 Å². The molecule has 5 nitrogen and oxygen atoms in total. The minimum absolute atomic E-state index is 0.0708. The molecule has 0 aromatic heterocycles. The first kappa shape index (κ1) is 15.4. The Balaban J connectivity index is 2.88. The van der Waals surface area contributed by atoms with Gasteiger partial charge in [-0.05, 0) is 48.1 Å². The second-order valence-electron chi connectivity index (χ2n) is 3.84. The molecule has 1 atom stereocenters. The SMILES string of the molecule is CNC(C)CNS(=O)(=O)c1ccc(OC)c(Br)c1. The maximum absolute atomic E-state index is 12.0. The summed E-state index contributed by atoms with van der Waals surface area (Å²) in [5, 5.41) is 2.96. The standard InChI is InChI=1S/C11H17BrN2O3S/c1-8(13-2)7-14-18(15,16)9-4-5-11(17-3)10(12)6-9/h4-6,8,13-14H,7H2,1-3H3. The van der Waals surface area contributed by atoms with E-state index < -0.39 is 10.0 Å². The van der Waals surface area contributed by atoms with E-state index in [0.29, 0.717) is 16.8 Å². The Morgan fingerprint density at radius 3 is 2.61 bits per heavy atom. The lowest BCUT2D eigenvalue weighted by Crippen LogP contribution is -2.37. The van der Waals surface area contributed by atoms with E-state index >= 15 is 0 Å². The molecule has 102 valence electrons. The van der Waals surface area contributed by atoms with Gasteiger partial charge in [-0.1, -0.05) is 0 Å². The molecule has 1 aromatic carbocycles. The van der Waals surface area contributed by atoms with Crippen molar-refractivity contribution in [2.45, 2.75) is 17.9 Å². The van der Waals surface area contributed by atoms with Crippen LogP contribution in [0.3, 0.4) is 0 Å². The molecular formula is C11H17BrN2O3S. The predicted molar refractivity (Wildman–Crippen MR) is 74.4 cm³/mol. The Kier molecular flexibility index (Phi) is 5.58. The minimum Gasteiger partial charge on any atom is -0.496 e. The maximum atomic E-state index is 12.0. The molecule has 0 saturated carbocycles. The summed E-state index contributed by atoms with van der Waals surface area (Å²) in [7, 11) is -0.179.